The van der Waals surface area contributed by atoms with Gasteiger partial charge in [0.25, 0.3) is 0 Å². The third-order valence-electron chi connectivity index (χ3n) is 3.59. The molecular formula is C13H19N7O3S. The molecule has 1 aliphatic heterocycles. The van der Waals surface area contributed by atoms with Crippen molar-refractivity contribution in [2.45, 2.75) is 24.3 Å². The summed E-state index contributed by atoms with van der Waals surface area (Å²) in [6, 6.07) is 0. The van der Waals surface area contributed by atoms with Gasteiger partial charge in [-0.05, 0) is 12.8 Å². The maximum atomic E-state index is 12.1. The molecule has 0 spiro atoms. The Morgan fingerprint density at radius 1 is 1.25 bits per heavy atom. The Hall–Kier alpha value is -2.27. The van der Waals surface area contributed by atoms with Crippen molar-refractivity contribution in [1.29, 1.82) is 0 Å². The predicted molar refractivity (Wildman–Crippen MR) is 86.1 cm³/mol. The van der Waals surface area contributed by atoms with Crippen molar-refractivity contribution in [2.24, 2.45) is 0 Å². The van der Waals surface area contributed by atoms with Gasteiger partial charge in [0.15, 0.2) is 5.82 Å². The second-order valence-electron chi connectivity index (χ2n) is 5.62. The van der Waals surface area contributed by atoms with Gasteiger partial charge in [-0.15, -0.1) is 0 Å². The molecule has 0 aliphatic carbocycles. The maximum absolute atomic E-state index is 12.1. The number of hydrogen-bond acceptors (Lipinski definition) is 9. The van der Waals surface area contributed by atoms with E-state index in [1.807, 2.05) is 14.1 Å². The van der Waals surface area contributed by atoms with Crippen LogP contribution in [-0.2, 0) is 16.6 Å². The highest BCUT2D eigenvalue weighted by molar-refractivity contribution is 7.89. The van der Waals surface area contributed by atoms with Gasteiger partial charge >= 0.3 is 0 Å². The van der Waals surface area contributed by atoms with Gasteiger partial charge in [-0.25, -0.2) is 13.1 Å². The molecular weight excluding hydrogens is 334 g/mol. The number of sulfonamides is 1. The molecule has 2 aromatic heterocycles. The molecule has 3 heterocycles. The molecule has 130 valence electrons. The molecule has 0 amide bonds. The summed E-state index contributed by atoms with van der Waals surface area (Å²) in [5, 5.41) is 3.40. The topological polar surface area (TPSA) is 117 Å². The van der Waals surface area contributed by atoms with Crippen LogP contribution in [-0.4, -0.2) is 55.7 Å². The second kappa shape index (κ2) is 6.69. The number of rotatable bonds is 6. The standard InChI is InChI=1S/C13H19N7O3S/c1-19(2)12-16-11(17-13(18-12)20-5-3-4-6-20)8-15-24(21,22)10-7-14-23-9-10/h7,9,15H,3-6,8H2,1-2H3. The molecule has 0 atom stereocenters. The van der Waals surface area contributed by atoms with Gasteiger partial charge in [0.1, 0.15) is 11.2 Å². The van der Waals surface area contributed by atoms with Crippen LogP contribution in [0.15, 0.2) is 21.9 Å². The zero-order valence-electron chi connectivity index (χ0n) is 13.5. The highest BCUT2D eigenvalue weighted by Gasteiger charge is 2.20. The van der Waals surface area contributed by atoms with Crippen molar-refractivity contribution in [3.8, 4) is 0 Å². The number of anilines is 2. The minimum atomic E-state index is -3.71. The number of nitrogens with zero attached hydrogens (tertiary/aromatic N) is 6. The SMILES string of the molecule is CN(C)c1nc(CNS(=O)(=O)c2cnoc2)nc(N2CCCC2)n1. The van der Waals surface area contributed by atoms with Gasteiger partial charge in [-0.1, -0.05) is 5.16 Å². The highest BCUT2D eigenvalue weighted by atomic mass is 32.2. The van der Waals surface area contributed by atoms with Crippen molar-refractivity contribution in [3.05, 3.63) is 18.3 Å². The van der Waals surface area contributed by atoms with Crippen LogP contribution in [0.4, 0.5) is 11.9 Å². The van der Waals surface area contributed by atoms with Crippen LogP contribution >= 0.6 is 0 Å². The van der Waals surface area contributed by atoms with E-state index in [2.05, 4.69) is 34.3 Å². The van der Waals surface area contributed by atoms with Crippen LogP contribution in [0.25, 0.3) is 0 Å². The van der Waals surface area contributed by atoms with Crippen molar-refractivity contribution in [3.63, 3.8) is 0 Å². The highest BCUT2D eigenvalue weighted by Crippen LogP contribution is 2.18. The van der Waals surface area contributed by atoms with Crippen LogP contribution < -0.4 is 14.5 Å². The number of nitrogens with one attached hydrogen (secondary N) is 1. The summed E-state index contributed by atoms with van der Waals surface area (Å²) in [4.78, 5) is 16.9. The van der Waals surface area contributed by atoms with Gasteiger partial charge < -0.3 is 14.3 Å². The monoisotopic (exact) mass is 353 g/mol. The minimum Gasteiger partial charge on any atom is -0.363 e. The van der Waals surface area contributed by atoms with E-state index < -0.39 is 10.0 Å². The summed E-state index contributed by atoms with van der Waals surface area (Å²) in [5.41, 5.74) is 0. The Balaban J connectivity index is 1.81. The molecule has 0 saturated carbocycles. The molecule has 1 aliphatic rings. The largest absolute Gasteiger partial charge is 0.363 e. The lowest BCUT2D eigenvalue weighted by Crippen LogP contribution is -2.27. The predicted octanol–water partition coefficient (Wildman–Crippen LogP) is 0.00430. The van der Waals surface area contributed by atoms with Gasteiger partial charge in [0.2, 0.25) is 21.9 Å². The van der Waals surface area contributed by atoms with E-state index in [1.54, 1.807) is 4.90 Å². The van der Waals surface area contributed by atoms with Crippen LogP contribution in [0, 0.1) is 0 Å². The Morgan fingerprint density at radius 2 is 2.00 bits per heavy atom. The van der Waals surface area contributed by atoms with Crippen molar-refractivity contribution in [1.82, 2.24) is 24.8 Å². The molecule has 0 aromatic carbocycles. The first-order valence-corrected chi connectivity index (χ1v) is 9.00. The molecule has 0 unspecified atom stereocenters. The first-order chi connectivity index (χ1) is 11.5. The van der Waals surface area contributed by atoms with E-state index in [4.69, 9.17) is 0 Å². The Bertz CT molecular complexity index is 786. The van der Waals surface area contributed by atoms with Crippen LogP contribution in [0.5, 0.6) is 0 Å². The molecule has 0 bridgehead atoms. The van der Waals surface area contributed by atoms with Crippen LogP contribution in [0.2, 0.25) is 0 Å². The van der Waals surface area contributed by atoms with E-state index in [1.165, 1.54) is 0 Å². The lowest BCUT2D eigenvalue weighted by atomic mass is 10.4. The van der Waals surface area contributed by atoms with E-state index in [0.717, 1.165) is 38.4 Å². The molecule has 2 aromatic rings. The fraction of sp³-hybridized carbons (Fsp3) is 0.538. The summed E-state index contributed by atoms with van der Waals surface area (Å²) in [7, 11) is -0.0588. The number of hydrogen-bond donors (Lipinski definition) is 1. The second-order valence-corrected chi connectivity index (χ2v) is 7.39. The molecule has 24 heavy (non-hydrogen) atoms. The maximum Gasteiger partial charge on any atom is 0.245 e. The summed E-state index contributed by atoms with van der Waals surface area (Å²) in [5.74, 6) is 1.42. The van der Waals surface area contributed by atoms with Gasteiger partial charge in [-0.3, -0.25) is 0 Å². The van der Waals surface area contributed by atoms with Crippen molar-refractivity contribution < 1.29 is 12.9 Å². The normalized spacial score (nSPS) is 15.0. The summed E-state index contributed by atoms with van der Waals surface area (Å²) >= 11 is 0. The van der Waals surface area contributed by atoms with E-state index in [0.29, 0.717) is 17.7 Å². The van der Waals surface area contributed by atoms with Crippen LogP contribution in [0.1, 0.15) is 18.7 Å². The van der Waals surface area contributed by atoms with Gasteiger partial charge in [0.05, 0.1) is 12.7 Å². The molecule has 1 N–H and O–H groups in total. The Kier molecular flexibility index (Phi) is 4.62. The molecule has 11 heteroatoms. The first kappa shape index (κ1) is 16.6. The van der Waals surface area contributed by atoms with Crippen molar-refractivity contribution >= 4 is 21.9 Å². The third-order valence-corrected chi connectivity index (χ3v) is 4.93. The average Bonchev–Trinajstić information content (AvgIpc) is 3.25. The van der Waals surface area contributed by atoms with E-state index >= 15 is 0 Å². The van der Waals surface area contributed by atoms with Crippen molar-refractivity contribution in [2.75, 3.05) is 37.0 Å². The van der Waals surface area contributed by atoms with E-state index in [9.17, 15) is 8.42 Å². The summed E-state index contributed by atoms with van der Waals surface area (Å²) in [6.07, 6.45) is 4.39. The molecule has 0 radical (unpaired) electrons. The quantitative estimate of drug-likeness (QED) is 0.766. The van der Waals surface area contributed by atoms with E-state index in [-0.39, 0.29) is 11.4 Å². The Labute approximate surface area is 139 Å². The summed E-state index contributed by atoms with van der Waals surface area (Å²) in [6.45, 7) is 1.74. The molecule has 1 fully saturated rings. The number of aromatic nitrogens is 4. The van der Waals surface area contributed by atoms with Crippen LogP contribution in [0.3, 0.4) is 0 Å². The third kappa shape index (κ3) is 3.62. The zero-order chi connectivity index (χ0) is 17.2. The lowest BCUT2D eigenvalue weighted by molar-refractivity contribution is 0.417. The van der Waals surface area contributed by atoms with Gasteiger partial charge in [0, 0.05) is 27.2 Å². The minimum absolute atomic E-state index is 0.0378. The molecule has 3 rings (SSSR count). The Morgan fingerprint density at radius 3 is 2.62 bits per heavy atom. The fourth-order valence-corrected chi connectivity index (χ4v) is 3.14. The smallest absolute Gasteiger partial charge is 0.245 e. The first-order valence-electron chi connectivity index (χ1n) is 7.52. The molecule has 10 nitrogen and oxygen atoms in total. The fourth-order valence-electron chi connectivity index (χ4n) is 2.30. The zero-order valence-corrected chi connectivity index (χ0v) is 14.3. The lowest BCUT2D eigenvalue weighted by Gasteiger charge is -2.18. The average molecular weight is 353 g/mol. The summed E-state index contributed by atoms with van der Waals surface area (Å²) < 4.78 is 31.3. The molecule has 1 saturated heterocycles. The van der Waals surface area contributed by atoms with Gasteiger partial charge in [-0.2, -0.15) is 15.0 Å².